The molecule has 26 heavy (non-hydrogen) atoms. The summed E-state index contributed by atoms with van der Waals surface area (Å²) >= 11 is 2.78. The molecule has 1 rings (SSSR count). The van der Waals surface area contributed by atoms with Crippen molar-refractivity contribution in [2.75, 3.05) is 19.5 Å². The smallest absolute Gasteiger partial charge is 0.466 e. The van der Waals surface area contributed by atoms with E-state index >= 15 is 0 Å². The van der Waals surface area contributed by atoms with Crippen LogP contribution in [0.4, 0.5) is 24.5 Å². The molecule has 0 fully saturated rings. The number of nitro groups is 1. The number of carbonyl (C=O) groups excluding carboxylic acids is 2. The lowest BCUT2D eigenvalue weighted by molar-refractivity contribution is -0.384. The van der Waals surface area contributed by atoms with Gasteiger partial charge in [-0.15, -0.1) is 13.2 Å². The molecule has 0 heterocycles. The van der Waals surface area contributed by atoms with E-state index in [4.69, 9.17) is 0 Å². The molecule has 0 bridgehead atoms. The Hall–Kier alpha value is -2.83. The fraction of sp³-hybridized carbons (Fsp3) is 0.231. The molecule has 0 saturated heterocycles. The van der Waals surface area contributed by atoms with Crippen LogP contribution in [0, 0.1) is 10.1 Å². The third kappa shape index (κ3) is 5.91. The van der Waals surface area contributed by atoms with Crippen LogP contribution < -0.4 is 10.1 Å². The Morgan fingerprint density at radius 3 is 2.35 bits per heavy atom. The third-order valence-corrected chi connectivity index (χ3v) is 3.23. The second-order valence-corrected chi connectivity index (χ2v) is 5.16. The second kappa shape index (κ2) is 8.51. The minimum atomic E-state index is -5.08. The predicted molar refractivity (Wildman–Crippen MR) is 83.2 cm³/mol. The van der Waals surface area contributed by atoms with Crippen LogP contribution in [-0.4, -0.2) is 37.4 Å². The molecule has 1 aromatic rings. The van der Waals surface area contributed by atoms with E-state index in [-0.39, 0.29) is 4.47 Å². The molecule has 1 N–H and O–H groups in total. The van der Waals surface area contributed by atoms with Gasteiger partial charge in [0.15, 0.2) is 5.75 Å². The molecule has 0 atom stereocenters. The number of nitrogens with one attached hydrogen (secondary N) is 1. The number of halogens is 4. The van der Waals surface area contributed by atoms with Crippen LogP contribution in [0.3, 0.4) is 0 Å². The molecule has 0 aromatic heterocycles. The zero-order chi connectivity index (χ0) is 20.1. The second-order valence-electron chi connectivity index (χ2n) is 4.30. The highest BCUT2D eigenvalue weighted by atomic mass is 79.9. The SMILES string of the molecule is COC(=O)/C=C(/Nc1cc(Br)c(OC(F)(F)F)cc1[N+](=O)[O-])C(=O)OC. The first-order valence-electron chi connectivity index (χ1n) is 6.37. The number of ether oxygens (including phenoxy) is 3. The number of carbonyl (C=O) groups is 2. The minimum absolute atomic E-state index is 0.301. The summed E-state index contributed by atoms with van der Waals surface area (Å²) in [6.45, 7) is 0. The van der Waals surface area contributed by atoms with E-state index in [9.17, 15) is 32.9 Å². The van der Waals surface area contributed by atoms with Gasteiger partial charge < -0.3 is 19.5 Å². The summed E-state index contributed by atoms with van der Waals surface area (Å²) in [6.07, 6.45) is -4.42. The van der Waals surface area contributed by atoms with Gasteiger partial charge in [-0.25, -0.2) is 9.59 Å². The lowest BCUT2D eigenvalue weighted by Gasteiger charge is -2.14. The molecule has 0 radical (unpaired) electrons. The zero-order valence-electron chi connectivity index (χ0n) is 13.0. The number of nitrogens with zero attached hydrogens (tertiary/aromatic N) is 1. The maximum atomic E-state index is 12.3. The summed E-state index contributed by atoms with van der Waals surface area (Å²) in [6, 6.07) is 1.36. The minimum Gasteiger partial charge on any atom is -0.466 e. The highest BCUT2D eigenvalue weighted by Gasteiger charge is 2.33. The van der Waals surface area contributed by atoms with Gasteiger partial charge in [-0.2, -0.15) is 0 Å². The molecule has 0 spiro atoms. The predicted octanol–water partition coefficient (Wildman–Crippen LogP) is 2.90. The first kappa shape index (κ1) is 21.2. The van der Waals surface area contributed by atoms with Crippen LogP contribution in [0.5, 0.6) is 5.75 Å². The van der Waals surface area contributed by atoms with Crippen LogP contribution in [0.15, 0.2) is 28.4 Å². The number of alkyl halides is 3. The number of hydrogen-bond acceptors (Lipinski definition) is 8. The van der Waals surface area contributed by atoms with Crippen molar-refractivity contribution < 1.29 is 41.9 Å². The lowest BCUT2D eigenvalue weighted by Crippen LogP contribution is -2.18. The molecule has 0 amide bonds. The van der Waals surface area contributed by atoms with Gasteiger partial charge in [0.25, 0.3) is 5.69 Å². The highest BCUT2D eigenvalue weighted by molar-refractivity contribution is 9.10. The molecular formula is C13H10BrF3N2O7. The summed E-state index contributed by atoms with van der Waals surface area (Å²) in [5, 5.41) is 13.4. The van der Waals surface area contributed by atoms with Gasteiger partial charge in [0, 0.05) is 0 Å². The normalized spacial score (nSPS) is 11.5. The van der Waals surface area contributed by atoms with Gasteiger partial charge in [0.1, 0.15) is 11.4 Å². The van der Waals surface area contributed by atoms with Crippen molar-refractivity contribution in [1.29, 1.82) is 0 Å². The fourth-order valence-corrected chi connectivity index (χ4v) is 2.00. The first-order chi connectivity index (χ1) is 12.0. The molecule has 0 aliphatic carbocycles. The van der Waals surface area contributed by atoms with Gasteiger partial charge in [0.2, 0.25) is 0 Å². The molecule has 13 heteroatoms. The molecule has 9 nitrogen and oxygen atoms in total. The summed E-state index contributed by atoms with van der Waals surface area (Å²) in [4.78, 5) is 33.1. The van der Waals surface area contributed by atoms with Crippen molar-refractivity contribution in [2.24, 2.45) is 0 Å². The maximum Gasteiger partial charge on any atom is 0.573 e. The Labute approximate surface area is 152 Å². The van der Waals surface area contributed by atoms with E-state index in [1.165, 1.54) is 0 Å². The van der Waals surface area contributed by atoms with Crippen molar-refractivity contribution in [3.63, 3.8) is 0 Å². The van der Waals surface area contributed by atoms with E-state index in [1.54, 1.807) is 0 Å². The Balaban J connectivity index is 3.39. The molecule has 0 aliphatic heterocycles. The Bertz CT molecular complexity index is 765. The van der Waals surface area contributed by atoms with Gasteiger partial charge in [-0.1, -0.05) is 0 Å². The van der Waals surface area contributed by atoms with E-state index in [0.717, 1.165) is 20.3 Å². The van der Waals surface area contributed by atoms with E-state index in [2.05, 4.69) is 35.5 Å². The fourth-order valence-electron chi connectivity index (χ4n) is 1.57. The number of esters is 2. The van der Waals surface area contributed by atoms with Crippen molar-refractivity contribution in [3.8, 4) is 5.75 Å². The van der Waals surface area contributed by atoms with Crippen LogP contribution in [0.25, 0.3) is 0 Å². The lowest BCUT2D eigenvalue weighted by atomic mass is 10.2. The van der Waals surface area contributed by atoms with Gasteiger partial charge in [-0.05, 0) is 22.0 Å². The molecule has 1 aromatic carbocycles. The average molecular weight is 443 g/mol. The van der Waals surface area contributed by atoms with Crippen molar-refractivity contribution in [3.05, 3.63) is 38.5 Å². The molecule has 0 saturated carbocycles. The number of anilines is 1. The summed E-state index contributed by atoms with van der Waals surface area (Å²) in [5.41, 5.74) is -1.80. The van der Waals surface area contributed by atoms with Crippen LogP contribution in [0.1, 0.15) is 0 Å². The van der Waals surface area contributed by atoms with Crippen LogP contribution >= 0.6 is 15.9 Å². The average Bonchev–Trinajstić information content (AvgIpc) is 2.54. The first-order valence-corrected chi connectivity index (χ1v) is 7.16. The molecule has 0 unspecified atom stereocenters. The van der Waals surface area contributed by atoms with Gasteiger partial charge in [0.05, 0.1) is 35.8 Å². The quantitative estimate of drug-likeness (QED) is 0.309. The van der Waals surface area contributed by atoms with Crippen molar-refractivity contribution in [2.45, 2.75) is 6.36 Å². The maximum absolute atomic E-state index is 12.3. The van der Waals surface area contributed by atoms with Crippen molar-refractivity contribution in [1.82, 2.24) is 0 Å². The topological polar surface area (TPSA) is 117 Å². The number of hydrogen-bond donors (Lipinski definition) is 1. The zero-order valence-corrected chi connectivity index (χ0v) is 14.6. The Morgan fingerprint density at radius 1 is 1.27 bits per heavy atom. The molecule has 142 valence electrons. The largest absolute Gasteiger partial charge is 0.573 e. The summed E-state index contributed by atoms with van der Waals surface area (Å²) in [5.74, 6) is -2.92. The van der Waals surface area contributed by atoms with Gasteiger partial charge >= 0.3 is 18.3 Å². The van der Waals surface area contributed by atoms with E-state index < -0.39 is 46.0 Å². The number of rotatable bonds is 6. The standard InChI is InChI=1S/C13H10BrF3N2O7/c1-24-11(20)4-8(12(21)25-2)18-7-3-6(14)10(26-13(15,16)17)5-9(7)19(22)23/h3-5,18H,1-2H3/b8-4+. The summed E-state index contributed by atoms with van der Waals surface area (Å²) in [7, 11) is 2.01. The van der Waals surface area contributed by atoms with E-state index in [0.29, 0.717) is 12.1 Å². The van der Waals surface area contributed by atoms with Crippen molar-refractivity contribution >= 4 is 39.2 Å². The van der Waals surface area contributed by atoms with Gasteiger partial charge in [-0.3, -0.25) is 10.1 Å². The highest BCUT2D eigenvalue weighted by Crippen LogP contribution is 2.39. The number of methoxy groups -OCH3 is 2. The molecular weight excluding hydrogens is 433 g/mol. The van der Waals surface area contributed by atoms with Crippen LogP contribution in [-0.2, 0) is 19.1 Å². The van der Waals surface area contributed by atoms with Crippen LogP contribution in [0.2, 0.25) is 0 Å². The Kier molecular flexibility index (Phi) is 6.94. The summed E-state index contributed by atoms with van der Waals surface area (Å²) < 4.78 is 49.2. The monoisotopic (exact) mass is 442 g/mol. The number of benzene rings is 1. The number of nitro benzene ring substituents is 1. The van der Waals surface area contributed by atoms with E-state index in [1.807, 2.05) is 0 Å². The third-order valence-electron chi connectivity index (χ3n) is 2.61. The Morgan fingerprint density at radius 2 is 1.88 bits per heavy atom. The molecule has 0 aliphatic rings.